The zero-order valence-electron chi connectivity index (χ0n) is 9.48. The lowest BCUT2D eigenvalue weighted by Gasteiger charge is -2.31. The zero-order chi connectivity index (χ0) is 10.5. The zero-order valence-corrected chi connectivity index (χ0v) is 9.48. The second kappa shape index (κ2) is 5.40. The van der Waals surface area contributed by atoms with Crippen LogP contribution in [0.2, 0.25) is 0 Å². The summed E-state index contributed by atoms with van der Waals surface area (Å²) in [4.78, 5) is 0. The molecular formula is C11H24N2. The Morgan fingerprint density at radius 1 is 1.54 bits per heavy atom. The molecule has 0 saturated carbocycles. The molecule has 0 aliphatic rings. The molecule has 0 rings (SSSR count). The first-order valence-electron chi connectivity index (χ1n) is 4.99. The average molecular weight is 184 g/mol. The Bertz CT molecular complexity index is 163. The standard InChI is InChI=1S/C11H24N2/c1-9(2)6-11(5,8-12)13-7-10(3)4/h9,13H,3,6-8,12H2,1-2,4-5H3. The predicted molar refractivity (Wildman–Crippen MR) is 59.7 cm³/mol. The molecule has 0 spiro atoms. The van der Waals surface area contributed by atoms with Gasteiger partial charge in [0.25, 0.3) is 0 Å². The van der Waals surface area contributed by atoms with Gasteiger partial charge in [0.05, 0.1) is 0 Å². The second-order valence-corrected chi connectivity index (χ2v) is 4.67. The summed E-state index contributed by atoms with van der Waals surface area (Å²) < 4.78 is 0. The van der Waals surface area contributed by atoms with Crippen molar-refractivity contribution >= 4 is 0 Å². The van der Waals surface area contributed by atoms with Crippen molar-refractivity contribution in [1.29, 1.82) is 0 Å². The largest absolute Gasteiger partial charge is 0.329 e. The van der Waals surface area contributed by atoms with Gasteiger partial charge >= 0.3 is 0 Å². The molecule has 0 fully saturated rings. The van der Waals surface area contributed by atoms with Crippen LogP contribution >= 0.6 is 0 Å². The molecule has 3 N–H and O–H groups in total. The molecule has 0 bridgehead atoms. The van der Waals surface area contributed by atoms with Crippen LogP contribution in [0.15, 0.2) is 12.2 Å². The van der Waals surface area contributed by atoms with Crippen LogP contribution in [0.4, 0.5) is 0 Å². The van der Waals surface area contributed by atoms with Gasteiger partial charge in [0.15, 0.2) is 0 Å². The van der Waals surface area contributed by atoms with Gasteiger partial charge in [0, 0.05) is 18.6 Å². The molecule has 2 heteroatoms. The topological polar surface area (TPSA) is 38.0 Å². The van der Waals surface area contributed by atoms with E-state index in [1.165, 1.54) is 0 Å². The monoisotopic (exact) mass is 184 g/mol. The van der Waals surface area contributed by atoms with Crippen molar-refractivity contribution in [2.75, 3.05) is 13.1 Å². The lowest BCUT2D eigenvalue weighted by atomic mass is 9.90. The highest BCUT2D eigenvalue weighted by Gasteiger charge is 2.22. The maximum absolute atomic E-state index is 5.75. The Balaban J connectivity index is 4.03. The van der Waals surface area contributed by atoms with Gasteiger partial charge in [0.2, 0.25) is 0 Å². The molecule has 0 amide bonds. The van der Waals surface area contributed by atoms with Gasteiger partial charge in [-0.25, -0.2) is 0 Å². The highest BCUT2D eigenvalue weighted by Crippen LogP contribution is 2.15. The third kappa shape index (κ3) is 5.83. The Morgan fingerprint density at radius 2 is 2.08 bits per heavy atom. The van der Waals surface area contributed by atoms with E-state index in [0.717, 1.165) is 18.5 Å². The molecule has 0 aromatic heterocycles. The lowest BCUT2D eigenvalue weighted by molar-refractivity contribution is 0.308. The second-order valence-electron chi connectivity index (χ2n) is 4.67. The van der Waals surface area contributed by atoms with Crippen molar-refractivity contribution in [1.82, 2.24) is 5.32 Å². The van der Waals surface area contributed by atoms with Crippen LogP contribution in [0, 0.1) is 5.92 Å². The van der Waals surface area contributed by atoms with E-state index in [0.29, 0.717) is 12.5 Å². The van der Waals surface area contributed by atoms with Gasteiger partial charge in [-0.3, -0.25) is 0 Å². The summed E-state index contributed by atoms with van der Waals surface area (Å²) in [5.41, 5.74) is 6.97. The molecule has 0 radical (unpaired) electrons. The van der Waals surface area contributed by atoms with Crippen molar-refractivity contribution in [2.24, 2.45) is 11.7 Å². The quantitative estimate of drug-likeness (QED) is 0.619. The van der Waals surface area contributed by atoms with Crippen LogP contribution < -0.4 is 11.1 Å². The van der Waals surface area contributed by atoms with Gasteiger partial charge in [-0.1, -0.05) is 26.0 Å². The van der Waals surface area contributed by atoms with Gasteiger partial charge in [-0.15, -0.1) is 0 Å². The van der Waals surface area contributed by atoms with Crippen LogP contribution in [0.1, 0.15) is 34.1 Å². The first-order chi connectivity index (χ1) is 5.89. The Labute approximate surface area is 82.6 Å². The van der Waals surface area contributed by atoms with E-state index in [1.54, 1.807) is 0 Å². The summed E-state index contributed by atoms with van der Waals surface area (Å²) in [5, 5.41) is 3.45. The molecule has 0 aromatic carbocycles. The van der Waals surface area contributed by atoms with Crippen molar-refractivity contribution < 1.29 is 0 Å². The fraction of sp³-hybridized carbons (Fsp3) is 0.818. The minimum absolute atomic E-state index is 0.0626. The average Bonchev–Trinajstić information content (AvgIpc) is 2.00. The minimum atomic E-state index is 0.0626. The molecule has 13 heavy (non-hydrogen) atoms. The number of rotatable bonds is 6. The molecule has 0 aliphatic carbocycles. The molecule has 0 saturated heterocycles. The minimum Gasteiger partial charge on any atom is -0.329 e. The first kappa shape index (κ1) is 12.7. The van der Waals surface area contributed by atoms with E-state index >= 15 is 0 Å². The van der Waals surface area contributed by atoms with Crippen molar-refractivity contribution in [3.63, 3.8) is 0 Å². The molecule has 1 atom stereocenters. The van der Waals surface area contributed by atoms with Crippen LogP contribution in [-0.4, -0.2) is 18.6 Å². The Morgan fingerprint density at radius 3 is 2.38 bits per heavy atom. The third-order valence-corrected chi connectivity index (χ3v) is 2.13. The Kier molecular flexibility index (Phi) is 5.26. The molecule has 0 heterocycles. The number of nitrogens with two attached hydrogens (primary N) is 1. The number of hydrogen-bond acceptors (Lipinski definition) is 2. The van der Waals surface area contributed by atoms with Crippen LogP contribution in [0.25, 0.3) is 0 Å². The molecule has 0 aliphatic heterocycles. The smallest absolute Gasteiger partial charge is 0.0281 e. The van der Waals surface area contributed by atoms with Crippen LogP contribution in [0.5, 0.6) is 0 Å². The molecule has 2 nitrogen and oxygen atoms in total. The van der Waals surface area contributed by atoms with E-state index in [2.05, 4.69) is 32.7 Å². The highest BCUT2D eigenvalue weighted by atomic mass is 15.0. The maximum atomic E-state index is 5.75. The van der Waals surface area contributed by atoms with Gasteiger partial charge in [0.1, 0.15) is 0 Å². The highest BCUT2D eigenvalue weighted by molar-refractivity contribution is 4.95. The molecule has 1 unspecified atom stereocenters. The first-order valence-corrected chi connectivity index (χ1v) is 4.99. The van der Waals surface area contributed by atoms with E-state index < -0.39 is 0 Å². The summed E-state index contributed by atoms with van der Waals surface area (Å²) in [6.45, 7) is 14.0. The van der Waals surface area contributed by atoms with Gasteiger partial charge in [-0.05, 0) is 26.2 Å². The number of nitrogens with one attached hydrogen (secondary N) is 1. The van der Waals surface area contributed by atoms with E-state index in [-0.39, 0.29) is 5.54 Å². The summed E-state index contributed by atoms with van der Waals surface area (Å²) in [6, 6.07) is 0. The van der Waals surface area contributed by atoms with Gasteiger partial charge < -0.3 is 11.1 Å². The lowest BCUT2D eigenvalue weighted by Crippen LogP contribution is -2.50. The SMILES string of the molecule is C=C(C)CNC(C)(CN)CC(C)C. The Hall–Kier alpha value is -0.340. The summed E-state index contributed by atoms with van der Waals surface area (Å²) >= 11 is 0. The maximum Gasteiger partial charge on any atom is 0.0281 e. The molecule has 78 valence electrons. The fourth-order valence-electron chi connectivity index (χ4n) is 1.49. The van der Waals surface area contributed by atoms with Crippen LogP contribution in [0.3, 0.4) is 0 Å². The van der Waals surface area contributed by atoms with Crippen molar-refractivity contribution in [3.8, 4) is 0 Å². The normalized spacial score (nSPS) is 15.8. The van der Waals surface area contributed by atoms with Crippen molar-refractivity contribution in [2.45, 2.75) is 39.7 Å². The van der Waals surface area contributed by atoms with E-state index in [4.69, 9.17) is 5.73 Å². The fourth-order valence-corrected chi connectivity index (χ4v) is 1.49. The van der Waals surface area contributed by atoms with Crippen LogP contribution in [-0.2, 0) is 0 Å². The summed E-state index contributed by atoms with van der Waals surface area (Å²) in [6.07, 6.45) is 1.11. The number of hydrogen-bond donors (Lipinski definition) is 2. The molecular weight excluding hydrogens is 160 g/mol. The van der Waals surface area contributed by atoms with Gasteiger partial charge in [-0.2, -0.15) is 0 Å². The third-order valence-electron chi connectivity index (χ3n) is 2.13. The summed E-state index contributed by atoms with van der Waals surface area (Å²) in [7, 11) is 0. The van der Waals surface area contributed by atoms with E-state index in [9.17, 15) is 0 Å². The molecule has 0 aromatic rings. The summed E-state index contributed by atoms with van der Waals surface area (Å²) in [5.74, 6) is 0.672. The predicted octanol–water partition coefficient (Wildman–Crippen LogP) is 1.92. The van der Waals surface area contributed by atoms with Crippen molar-refractivity contribution in [3.05, 3.63) is 12.2 Å². The van der Waals surface area contributed by atoms with E-state index in [1.807, 2.05) is 6.92 Å².